The molecular weight excluding hydrogens is 458 g/mol. The van der Waals surface area contributed by atoms with Crippen molar-refractivity contribution in [2.45, 2.75) is 19.4 Å². The number of carboxylic acid groups (broad SMARTS) is 1. The molecule has 1 aliphatic heterocycles. The van der Waals surface area contributed by atoms with E-state index >= 15 is 8.78 Å². The highest BCUT2D eigenvalue weighted by molar-refractivity contribution is 5.69. The van der Waals surface area contributed by atoms with E-state index in [0.29, 0.717) is 11.3 Å². The second-order valence-corrected chi connectivity index (χ2v) is 8.33. The molecule has 1 atom stereocenters. The van der Waals surface area contributed by atoms with Crippen LogP contribution in [0.4, 0.5) is 13.6 Å². The van der Waals surface area contributed by atoms with Crippen LogP contribution in [-0.2, 0) is 11.2 Å². The fourth-order valence-corrected chi connectivity index (χ4v) is 4.28. The maximum atomic E-state index is 15.4. The van der Waals surface area contributed by atoms with Gasteiger partial charge in [-0.05, 0) is 36.8 Å². The first-order chi connectivity index (χ1) is 16.8. The fraction of sp³-hybridized carbons (Fsp3) is 0.250. The Morgan fingerprint density at radius 1 is 1.31 bits per heavy atom. The highest BCUT2D eigenvalue weighted by atomic mass is 19.1. The third kappa shape index (κ3) is 4.20. The molecule has 3 aromatic heterocycles. The van der Waals surface area contributed by atoms with Gasteiger partial charge in [0.15, 0.2) is 5.69 Å². The summed E-state index contributed by atoms with van der Waals surface area (Å²) in [6, 6.07) is 7.85. The lowest BCUT2D eigenvalue weighted by Gasteiger charge is -2.31. The van der Waals surface area contributed by atoms with E-state index in [1.54, 1.807) is 16.7 Å². The Bertz CT molecular complexity index is 1470. The predicted molar refractivity (Wildman–Crippen MR) is 120 cm³/mol. The van der Waals surface area contributed by atoms with Crippen molar-refractivity contribution in [3.8, 4) is 23.0 Å². The van der Waals surface area contributed by atoms with E-state index in [1.807, 2.05) is 19.1 Å². The number of rotatable bonds is 4. The number of ether oxygens (including phenoxy) is 1. The molecule has 0 aliphatic carbocycles. The van der Waals surface area contributed by atoms with Crippen LogP contribution in [0.15, 0.2) is 43.0 Å². The second-order valence-electron chi connectivity index (χ2n) is 8.33. The Labute approximate surface area is 198 Å². The van der Waals surface area contributed by atoms with Crippen LogP contribution in [0.3, 0.4) is 0 Å². The molecule has 1 N–H and O–H groups in total. The van der Waals surface area contributed by atoms with Gasteiger partial charge in [0.1, 0.15) is 29.7 Å². The lowest BCUT2D eigenvalue weighted by atomic mass is 10.0. The first-order valence-corrected chi connectivity index (χ1v) is 10.8. The number of morpholine rings is 1. The summed E-state index contributed by atoms with van der Waals surface area (Å²) in [7, 11) is 0. The van der Waals surface area contributed by atoms with Gasteiger partial charge in [-0.1, -0.05) is 0 Å². The Kier molecular flexibility index (Phi) is 5.66. The van der Waals surface area contributed by atoms with Gasteiger partial charge >= 0.3 is 6.09 Å². The van der Waals surface area contributed by atoms with Gasteiger partial charge in [-0.15, -0.1) is 0 Å². The summed E-state index contributed by atoms with van der Waals surface area (Å²) >= 11 is 0. The van der Waals surface area contributed by atoms with Gasteiger partial charge < -0.3 is 23.7 Å². The molecule has 11 heteroatoms. The Morgan fingerprint density at radius 3 is 2.77 bits per heavy atom. The number of hydrogen-bond donors (Lipinski definition) is 1. The average molecular weight is 478 g/mol. The molecule has 1 fully saturated rings. The zero-order valence-corrected chi connectivity index (χ0v) is 18.7. The highest BCUT2D eigenvalue weighted by Crippen LogP contribution is 2.32. The number of nitriles is 1. The lowest BCUT2D eigenvalue weighted by Crippen LogP contribution is -2.45. The predicted octanol–water partition coefficient (Wildman–Crippen LogP) is 3.57. The average Bonchev–Trinajstić information content (AvgIpc) is 3.44. The van der Waals surface area contributed by atoms with E-state index in [4.69, 9.17) is 10.00 Å². The van der Waals surface area contributed by atoms with Crippen LogP contribution in [0, 0.1) is 29.9 Å². The minimum absolute atomic E-state index is 0.121. The van der Waals surface area contributed by atoms with Crippen molar-refractivity contribution in [1.29, 1.82) is 5.26 Å². The van der Waals surface area contributed by atoms with Crippen LogP contribution < -0.4 is 0 Å². The summed E-state index contributed by atoms with van der Waals surface area (Å²) in [6.45, 7) is 2.52. The van der Waals surface area contributed by atoms with Gasteiger partial charge in [-0.25, -0.2) is 23.5 Å². The number of aryl methyl sites for hydroxylation is 1. The molecule has 4 aromatic rings. The van der Waals surface area contributed by atoms with Gasteiger partial charge in [-0.3, -0.25) is 0 Å². The molecule has 1 unspecified atom stereocenters. The van der Waals surface area contributed by atoms with Crippen molar-refractivity contribution in [1.82, 2.24) is 23.8 Å². The monoisotopic (exact) mass is 478 g/mol. The summed E-state index contributed by atoms with van der Waals surface area (Å²) in [6.07, 6.45) is 3.12. The number of pyridine rings is 1. The Morgan fingerprint density at radius 2 is 2.09 bits per heavy atom. The second kappa shape index (κ2) is 8.81. The van der Waals surface area contributed by atoms with Gasteiger partial charge in [0.05, 0.1) is 41.9 Å². The maximum absolute atomic E-state index is 15.4. The van der Waals surface area contributed by atoms with Crippen LogP contribution in [0.5, 0.6) is 0 Å². The molecule has 0 saturated carbocycles. The number of aromatic nitrogens is 4. The lowest BCUT2D eigenvalue weighted by molar-refractivity contribution is -0.0214. The van der Waals surface area contributed by atoms with Crippen molar-refractivity contribution < 1.29 is 23.4 Å². The Hall–Kier alpha value is -4.30. The number of nitrogens with zero attached hydrogens (tertiary/aromatic N) is 6. The standard InChI is InChI=1S/C24H20F2N6O3/c1-14-2-3-32-20(9-17-12-30(24(33)34)4-5-35-17)23(29-21(32)6-14)22-18(25)7-16(8-19(22)26)31-11-15(10-27)28-13-31/h2-3,6-8,11,13,17H,4-5,9,12H2,1H3,(H,33,34). The largest absolute Gasteiger partial charge is 0.465 e. The van der Waals surface area contributed by atoms with Crippen molar-refractivity contribution >= 4 is 11.7 Å². The molecule has 178 valence electrons. The van der Waals surface area contributed by atoms with Gasteiger partial charge in [0, 0.05) is 25.4 Å². The number of amides is 1. The summed E-state index contributed by atoms with van der Waals surface area (Å²) in [5, 5.41) is 18.3. The Balaban J connectivity index is 1.60. The molecule has 1 aromatic carbocycles. The first kappa shape index (κ1) is 22.5. The molecule has 4 heterocycles. The summed E-state index contributed by atoms with van der Waals surface area (Å²) in [5.74, 6) is -1.66. The van der Waals surface area contributed by atoms with E-state index in [9.17, 15) is 9.90 Å². The molecule has 1 amide bonds. The normalized spacial score (nSPS) is 15.9. The third-order valence-electron chi connectivity index (χ3n) is 5.97. The topological polar surface area (TPSA) is 109 Å². The molecule has 35 heavy (non-hydrogen) atoms. The first-order valence-electron chi connectivity index (χ1n) is 10.8. The molecule has 0 bridgehead atoms. The number of hydrogen-bond acceptors (Lipinski definition) is 5. The summed E-state index contributed by atoms with van der Waals surface area (Å²) < 4.78 is 39.7. The zero-order valence-electron chi connectivity index (χ0n) is 18.7. The minimum Gasteiger partial charge on any atom is -0.465 e. The number of fused-ring (bicyclic) bond motifs is 1. The highest BCUT2D eigenvalue weighted by Gasteiger charge is 2.28. The van der Waals surface area contributed by atoms with Crippen LogP contribution in [-0.4, -0.2) is 60.8 Å². The van der Waals surface area contributed by atoms with Crippen molar-refractivity contribution in [3.63, 3.8) is 0 Å². The van der Waals surface area contributed by atoms with Crippen LogP contribution in [0.1, 0.15) is 17.0 Å². The molecule has 0 spiro atoms. The molecular formula is C24H20F2N6O3. The number of carbonyl (C=O) groups is 1. The van der Waals surface area contributed by atoms with E-state index < -0.39 is 23.8 Å². The van der Waals surface area contributed by atoms with Crippen molar-refractivity contribution in [2.24, 2.45) is 0 Å². The summed E-state index contributed by atoms with van der Waals surface area (Å²) in [5.41, 5.74) is 2.07. The summed E-state index contributed by atoms with van der Waals surface area (Å²) in [4.78, 5) is 21.1. The SMILES string of the molecule is Cc1ccn2c(CC3CN(C(=O)O)CCO3)c(-c3c(F)cc(-n4cnc(C#N)c4)cc3F)nc2c1. The van der Waals surface area contributed by atoms with Crippen LogP contribution in [0.2, 0.25) is 0 Å². The molecule has 1 saturated heterocycles. The van der Waals surface area contributed by atoms with E-state index in [0.717, 1.165) is 17.7 Å². The molecule has 9 nitrogen and oxygen atoms in total. The van der Waals surface area contributed by atoms with E-state index in [1.165, 1.54) is 22.0 Å². The number of halogens is 2. The molecule has 0 radical (unpaired) electrons. The van der Waals surface area contributed by atoms with Crippen LogP contribution >= 0.6 is 0 Å². The minimum atomic E-state index is -1.04. The molecule has 5 rings (SSSR count). The third-order valence-corrected chi connectivity index (χ3v) is 5.97. The van der Waals surface area contributed by atoms with Gasteiger partial charge in [0.2, 0.25) is 0 Å². The van der Waals surface area contributed by atoms with E-state index in [2.05, 4.69) is 9.97 Å². The smallest absolute Gasteiger partial charge is 0.407 e. The molecule has 1 aliphatic rings. The van der Waals surface area contributed by atoms with Crippen molar-refractivity contribution in [3.05, 3.63) is 71.6 Å². The van der Waals surface area contributed by atoms with E-state index in [-0.39, 0.29) is 48.8 Å². The number of benzene rings is 1. The number of imidazole rings is 2. The van der Waals surface area contributed by atoms with Crippen molar-refractivity contribution in [2.75, 3.05) is 19.7 Å². The maximum Gasteiger partial charge on any atom is 0.407 e. The fourth-order valence-electron chi connectivity index (χ4n) is 4.28. The zero-order chi connectivity index (χ0) is 24.7. The van der Waals surface area contributed by atoms with Gasteiger partial charge in [0.25, 0.3) is 0 Å². The van der Waals surface area contributed by atoms with Crippen LogP contribution in [0.25, 0.3) is 22.6 Å². The quantitative estimate of drug-likeness (QED) is 0.480. The van der Waals surface area contributed by atoms with Gasteiger partial charge in [-0.2, -0.15) is 5.26 Å².